The number of methoxy groups -OCH3 is 1. The molecule has 0 atom stereocenters. The van der Waals surface area contributed by atoms with E-state index in [2.05, 4.69) is 20.6 Å². The summed E-state index contributed by atoms with van der Waals surface area (Å²) in [5.74, 6) is 1.65. The molecule has 0 saturated carbocycles. The predicted octanol–water partition coefficient (Wildman–Crippen LogP) is 3.78. The molecule has 0 spiro atoms. The van der Waals surface area contributed by atoms with Crippen molar-refractivity contribution in [2.75, 3.05) is 25.5 Å². The van der Waals surface area contributed by atoms with Crippen LogP contribution in [0.2, 0.25) is 5.02 Å². The lowest BCUT2D eigenvalue weighted by molar-refractivity contribution is -0.120. The number of hydrogen-bond donors (Lipinski definition) is 3. The van der Waals surface area contributed by atoms with Crippen LogP contribution in [0, 0.1) is 0 Å². The summed E-state index contributed by atoms with van der Waals surface area (Å²) in [5, 5.41) is 6.74. The van der Waals surface area contributed by atoms with Gasteiger partial charge in [0.2, 0.25) is 5.91 Å². The van der Waals surface area contributed by atoms with Crippen LogP contribution >= 0.6 is 11.6 Å². The van der Waals surface area contributed by atoms with Crippen molar-refractivity contribution in [1.82, 2.24) is 15.3 Å². The largest absolute Gasteiger partial charge is 0.495 e. The van der Waals surface area contributed by atoms with E-state index in [9.17, 15) is 4.79 Å². The smallest absolute Gasteiger partial charge is 0.221 e. The lowest BCUT2D eigenvalue weighted by Gasteiger charge is -2.11. The number of aryl methyl sites for hydroxylation is 1. The minimum Gasteiger partial charge on any atom is -0.495 e. The fourth-order valence-corrected chi connectivity index (χ4v) is 3.00. The van der Waals surface area contributed by atoms with Gasteiger partial charge in [0.15, 0.2) is 0 Å². The number of nitrogens with one attached hydrogen (secondary N) is 3. The zero-order chi connectivity index (χ0) is 19.1. The maximum Gasteiger partial charge on any atom is 0.221 e. The number of imidazole rings is 1. The Morgan fingerprint density at radius 1 is 1.22 bits per heavy atom. The Bertz CT molecular complexity index is 877. The summed E-state index contributed by atoms with van der Waals surface area (Å²) in [4.78, 5) is 19.8. The second-order valence-electron chi connectivity index (χ2n) is 6.18. The van der Waals surface area contributed by atoms with Crippen LogP contribution in [0.4, 0.5) is 5.69 Å². The van der Waals surface area contributed by atoms with Crippen molar-refractivity contribution in [2.24, 2.45) is 0 Å². The van der Waals surface area contributed by atoms with Crippen LogP contribution in [0.15, 0.2) is 42.5 Å². The Balaban J connectivity index is 1.35. The predicted molar refractivity (Wildman–Crippen MR) is 109 cm³/mol. The molecule has 0 aliphatic rings. The number of rotatable bonds is 9. The molecule has 1 aromatic heterocycles. The first-order valence-corrected chi connectivity index (χ1v) is 9.31. The van der Waals surface area contributed by atoms with Crippen molar-refractivity contribution in [2.45, 2.75) is 19.3 Å². The van der Waals surface area contributed by atoms with E-state index in [-0.39, 0.29) is 5.91 Å². The van der Waals surface area contributed by atoms with Crippen molar-refractivity contribution in [1.29, 1.82) is 0 Å². The van der Waals surface area contributed by atoms with E-state index in [1.54, 1.807) is 25.3 Å². The highest BCUT2D eigenvalue weighted by Gasteiger charge is 2.06. The number of H-pyrrole nitrogens is 1. The summed E-state index contributed by atoms with van der Waals surface area (Å²) >= 11 is 5.99. The Kier molecular flexibility index (Phi) is 6.54. The Morgan fingerprint density at radius 3 is 2.89 bits per heavy atom. The number of nitrogens with zero attached hydrogens (tertiary/aromatic N) is 1. The molecule has 0 saturated heterocycles. The SMILES string of the molecule is COc1ccc(Cl)cc1NCCC(=O)NCCCc1nc2ccccc2[nH]1. The minimum atomic E-state index is 0.00750. The number of amides is 1. The molecule has 27 heavy (non-hydrogen) atoms. The summed E-state index contributed by atoms with van der Waals surface area (Å²) in [5.41, 5.74) is 2.79. The van der Waals surface area contributed by atoms with Gasteiger partial charge in [-0.05, 0) is 36.8 Å². The lowest BCUT2D eigenvalue weighted by atomic mass is 10.2. The van der Waals surface area contributed by atoms with E-state index in [1.807, 2.05) is 24.3 Å². The number of ether oxygens (including phenoxy) is 1. The number of anilines is 1. The lowest BCUT2D eigenvalue weighted by Crippen LogP contribution is -2.26. The molecule has 0 aliphatic heterocycles. The van der Waals surface area contributed by atoms with E-state index >= 15 is 0 Å². The van der Waals surface area contributed by atoms with E-state index in [4.69, 9.17) is 16.3 Å². The molecule has 3 aromatic rings. The minimum absolute atomic E-state index is 0.00750. The monoisotopic (exact) mass is 386 g/mol. The quantitative estimate of drug-likeness (QED) is 0.489. The van der Waals surface area contributed by atoms with Gasteiger partial charge >= 0.3 is 0 Å². The van der Waals surface area contributed by atoms with Crippen molar-refractivity contribution in [3.8, 4) is 5.75 Å². The summed E-state index contributed by atoms with van der Waals surface area (Å²) in [7, 11) is 1.60. The molecular weight excluding hydrogens is 364 g/mol. The van der Waals surface area contributed by atoms with Gasteiger partial charge in [0, 0.05) is 31.0 Å². The van der Waals surface area contributed by atoms with E-state index in [1.165, 1.54) is 0 Å². The first-order valence-electron chi connectivity index (χ1n) is 8.93. The molecule has 3 N–H and O–H groups in total. The van der Waals surface area contributed by atoms with E-state index in [0.717, 1.165) is 35.4 Å². The van der Waals surface area contributed by atoms with Crippen molar-refractivity contribution >= 4 is 34.2 Å². The zero-order valence-electron chi connectivity index (χ0n) is 15.2. The van der Waals surface area contributed by atoms with Gasteiger partial charge in [-0.1, -0.05) is 23.7 Å². The van der Waals surface area contributed by atoms with Crippen LogP contribution in [0.1, 0.15) is 18.7 Å². The molecular formula is C20H23ClN4O2. The van der Waals surface area contributed by atoms with Gasteiger partial charge in [-0.2, -0.15) is 0 Å². The van der Waals surface area contributed by atoms with Crippen LogP contribution in [0.25, 0.3) is 11.0 Å². The summed E-state index contributed by atoms with van der Waals surface area (Å²) in [6, 6.07) is 13.3. The average Bonchev–Trinajstić information content (AvgIpc) is 3.08. The molecule has 6 nitrogen and oxygen atoms in total. The third-order valence-electron chi connectivity index (χ3n) is 4.18. The number of halogens is 1. The second-order valence-corrected chi connectivity index (χ2v) is 6.61. The molecule has 3 rings (SSSR count). The van der Waals surface area contributed by atoms with Gasteiger partial charge in [0.25, 0.3) is 0 Å². The van der Waals surface area contributed by atoms with E-state index in [0.29, 0.717) is 30.3 Å². The number of benzene rings is 2. The number of aromatic nitrogens is 2. The number of carbonyl (C=O) groups excluding carboxylic acids is 1. The van der Waals surface area contributed by atoms with Crippen LogP contribution in [-0.4, -0.2) is 36.1 Å². The zero-order valence-corrected chi connectivity index (χ0v) is 16.0. The number of fused-ring (bicyclic) bond motifs is 1. The Labute approximate surface area is 163 Å². The third-order valence-corrected chi connectivity index (χ3v) is 4.42. The number of hydrogen-bond acceptors (Lipinski definition) is 4. The summed E-state index contributed by atoms with van der Waals surface area (Å²) < 4.78 is 5.27. The molecule has 0 bridgehead atoms. The fraction of sp³-hybridized carbons (Fsp3) is 0.300. The second kappa shape index (κ2) is 9.28. The van der Waals surface area contributed by atoms with Crippen molar-refractivity contribution < 1.29 is 9.53 Å². The van der Waals surface area contributed by atoms with Crippen molar-refractivity contribution in [3.63, 3.8) is 0 Å². The molecule has 0 unspecified atom stereocenters. The summed E-state index contributed by atoms with van der Waals surface area (Å²) in [6.07, 6.45) is 2.01. The van der Waals surface area contributed by atoms with E-state index < -0.39 is 0 Å². The van der Waals surface area contributed by atoms with Gasteiger partial charge in [-0.3, -0.25) is 4.79 Å². The van der Waals surface area contributed by atoms with Gasteiger partial charge in [0.1, 0.15) is 11.6 Å². The van der Waals surface area contributed by atoms with Crippen LogP contribution in [0.3, 0.4) is 0 Å². The number of para-hydroxylation sites is 2. The number of carbonyl (C=O) groups is 1. The first-order chi connectivity index (χ1) is 13.2. The fourth-order valence-electron chi connectivity index (χ4n) is 2.83. The maximum atomic E-state index is 12.0. The Hall–Kier alpha value is -2.73. The van der Waals surface area contributed by atoms with Gasteiger partial charge < -0.3 is 20.4 Å². The van der Waals surface area contributed by atoms with Gasteiger partial charge in [-0.15, -0.1) is 0 Å². The molecule has 7 heteroatoms. The van der Waals surface area contributed by atoms with Crippen molar-refractivity contribution in [3.05, 3.63) is 53.3 Å². The highest BCUT2D eigenvalue weighted by Crippen LogP contribution is 2.27. The molecule has 142 valence electrons. The standard InChI is InChI=1S/C20H23ClN4O2/c1-27-18-9-8-14(21)13-17(18)22-12-10-20(26)23-11-4-7-19-24-15-5-2-3-6-16(15)25-19/h2-3,5-6,8-9,13,22H,4,7,10-12H2,1H3,(H,23,26)(H,24,25). The molecule has 1 amide bonds. The maximum absolute atomic E-state index is 12.0. The highest BCUT2D eigenvalue weighted by atomic mass is 35.5. The molecule has 0 radical (unpaired) electrons. The van der Waals surface area contributed by atoms with Gasteiger partial charge in [0.05, 0.1) is 23.8 Å². The average molecular weight is 387 g/mol. The summed E-state index contributed by atoms with van der Waals surface area (Å²) in [6.45, 7) is 1.13. The topological polar surface area (TPSA) is 79.0 Å². The van der Waals surface area contributed by atoms with Crippen LogP contribution in [-0.2, 0) is 11.2 Å². The third kappa shape index (κ3) is 5.37. The molecule has 1 heterocycles. The highest BCUT2D eigenvalue weighted by molar-refractivity contribution is 6.30. The molecule has 2 aromatic carbocycles. The normalized spacial score (nSPS) is 10.7. The van der Waals surface area contributed by atoms with Crippen LogP contribution in [0.5, 0.6) is 5.75 Å². The Morgan fingerprint density at radius 2 is 2.07 bits per heavy atom. The first kappa shape index (κ1) is 19.0. The van der Waals surface area contributed by atoms with Crippen LogP contribution < -0.4 is 15.4 Å². The number of aromatic amines is 1. The molecule has 0 aliphatic carbocycles. The van der Waals surface area contributed by atoms with Gasteiger partial charge in [-0.25, -0.2) is 4.98 Å². The molecule has 0 fully saturated rings.